The van der Waals surface area contributed by atoms with Crippen LogP contribution in [-0.4, -0.2) is 44.6 Å². The third-order valence-corrected chi connectivity index (χ3v) is 4.10. The summed E-state index contributed by atoms with van der Waals surface area (Å²) in [4.78, 5) is 27.6. The van der Waals surface area contributed by atoms with Crippen LogP contribution in [0.4, 0.5) is 19.0 Å². The summed E-state index contributed by atoms with van der Waals surface area (Å²) in [6, 6.07) is 0.667. The summed E-state index contributed by atoms with van der Waals surface area (Å²) in [5.41, 5.74) is 1.42. The van der Waals surface area contributed by atoms with E-state index in [4.69, 9.17) is 18.0 Å². The molecule has 0 bridgehead atoms. The van der Waals surface area contributed by atoms with Crippen LogP contribution in [0.3, 0.4) is 0 Å². The van der Waals surface area contributed by atoms with Gasteiger partial charge in [0.1, 0.15) is 24.1 Å². The van der Waals surface area contributed by atoms with Crippen LogP contribution in [0.5, 0.6) is 0 Å². The Balaban J connectivity index is 1.88. The minimum absolute atomic E-state index is 0.136. The molecule has 0 saturated carbocycles. The number of hydrogen-bond acceptors (Lipinski definition) is 5. The number of nitrogens with one attached hydrogen (secondary N) is 3. The number of carbonyl (C=O) groups is 1. The summed E-state index contributed by atoms with van der Waals surface area (Å²) < 4.78 is 36.9. The van der Waals surface area contributed by atoms with Crippen molar-refractivity contribution in [3.8, 4) is 23.7 Å². The quantitative estimate of drug-likeness (QED) is 0.549. The summed E-state index contributed by atoms with van der Waals surface area (Å²) in [5, 5.41) is 5.63. The van der Waals surface area contributed by atoms with Crippen molar-refractivity contribution < 1.29 is 18.0 Å². The van der Waals surface area contributed by atoms with Crippen LogP contribution in [0.1, 0.15) is 12.5 Å². The number of aromatic amines is 1. The molecule has 11 heteroatoms. The maximum atomic E-state index is 12.3. The van der Waals surface area contributed by atoms with E-state index in [9.17, 15) is 18.0 Å². The van der Waals surface area contributed by atoms with E-state index in [1.807, 2.05) is 0 Å². The first-order chi connectivity index (χ1) is 13.7. The van der Waals surface area contributed by atoms with Gasteiger partial charge in [0.15, 0.2) is 5.82 Å². The van der Waals surface area contributed by atoms with Gasteiger partial charge < -0.3 is 15.6 Å². The predicted molar refractivity (Wildman–Crippen MR) is 102 cm³/mol. The monoisotopic (exact) mass is 422 g/mol. The average Bonchev–Trinajstić information content (AvgIpc) is 3.08. The van der Waals surface area contributed by atoms with Gasteiger partial charge in [0.2, 0.25) is 5.91 Å². The Morgan fingerprint density at radius 2 is 2.14 bits per heavy atom. The molecule has 0 aliphatic heterocycles. The van der Waals surface area contributed by atoms with E-state index in [1.54, 1.807) is 17.6 Å². The number of carbonyl (C=O) groups excluding carboxylic acids is 1. The number of pyridine rings is 1. The zero-order valence-electron chi connectivity index (χ0n) is 14.9. The van der Waals surface area contributed by atoms with Crippen molar-refractivity contribution in [3.63, 3.8) is 0 Å². The number of aromatic nitrogens is 4. The highest BCUT2D eigenvalue weighted by molar-refractivity contribution is 6.31. The Morgan fingerprint density at radius 3 is 2.83 bits per heavy atom. The maximum absolute atomic E-state index is 12.3. The number of fused-ring (bicyclic) bond motifs is 1. The highest BCUT2D eigenvalue weighted by atomic mass is 35.5. The first kappa shape index (κ1) is 20.4. The molecule has 3 rings (SSSR count). The lowest BCUT2D eigenvalue weighted by Crippen LogP contribution is -2.42. The van der Waals surface area contributed by atoms with E-state index >= 15 is 0 Å². The average molecular weight is 423 g/mol. The summed E-state index contributed by atoms with van der Waals surface area (Å²) in [6.07, 6.45) is 5.44. The molecule has 0 fully saturated rings. The second-order valence-electron chi connectivity index (χ2n) is 6.05. The van der Waals surface area contributed by atoms with Crippen LogP contribution < -0.4 is 10.6 Å². The fourth-order valence-electron chi connectivity index (χ4n) is 2.50. The van der Waals surface area contributed by atoms with Gasteiger partial charge in [-0.25, -0.2) is 15.0 Å². The van der Waals surface area contributed by atoms with E-state index < -0.39 is 24.7 Å². The number of terminal acetylenes is 1. The van der Waals surface area contributed by atoms with Crippen molar-refractivity contribution in [2.75, 3.05) is 11.9 Å². The molecule has 150 valence electrons. The first-order valence-electron chi connectivity index (χ1n) is 8.25. The number of amides is 1. The van der Waals surface area contributed by atoms with E-state index in [0.29, 0.717) is 21.6 Å². The number of H-pyrrole nitrogens is 1. The molecule has 1 amide bonds. The lowest BCUT2D eigenvalue weighted by molar-refractivity contribution is -0.138. The number of halogens is 4. The molecule has 3 N–H and O–H groups in total. The van der Waals surface area contributed by atoms with Crippen LogP contribution in [0.15, 0.2) is 24.7 Å². The van der Waals surface area contributed by atoms with Crippen LogP contribution in [0, 0.1) is 12.3 Å². The largest absolute Gasteiger partial charge is 0.405 e. The molecule has 3 aromatic rings. The zero-order valence-corrected chi connectivity index (χ0v) is 15.7. The van der Waals surface area contributed by atoms with Gasteiger partial charge in [-0.1, -0.05) is 17.5 Å². The highest BCUT2D eigenvalue weighted by Crippen LogP contribution is 2.28. The molecule has 0 aliphatic rings. The minimum Gasteiger partial charge on any atom is -0.357 e. The lowest BCUT2D eigenvalue weighted by Gasteiger charge is -2.16. The zero-order chi connectivity index (χ0) is 21.2. The van der Waals surface area contributed by atoms with E-state index in [2.05, 4.69) is 31.2 Å². The molecule has 0 saturated heterocycles. The van der Waals surface area contributed by atoms with Crippen molar-refractivity contribution in [2.24, 2.45) is 0 Å². The molecular formula is C18H14ClF3N6O. The number of anilines is 1. The molecule has 0 aliphatic carbocycles. The predicted octanol–water partition coefficient (Wildman–Crippen LogP) is 3.13. The van der Waals surface area contributed by atoms with Gasteiger partial charge in [-0.05, 0) is 13.0 Å². The van der Waals surface area contributed by atoms with Crippen LogP contribution in [0.25, 0.3) is 22.4 Å². The van der Waals surface area contributed by atoms with Crippen LogP contribution in [-0.2, 0) is 4.79 Å². The second kappa shape index (κ2) is 7.97. The van der Waals surface area contributed by atoms with Gasteiger partial charge in [0.25, 0.3) is 0 Å². The number of hydrogen-bond donors (Lipinski definition) is 3. The van der Waals surface area contributed by atoms with Gasteiger partial charge in [-0.3, -0.25) is 4.79 Å². The van der Waals surface area contributed by atoms with Crippen molar-refractivity contribution in [2.45, 2.75) is 19.1 Å². The van der Waals surface area contributed by atoms with Gasteiger partial charge in [-0.2, -0.15) is 13.2 Å². The highest BCUT2D eigenvalue weighted by Gasteiger charge is 2.29. The Bertz CT molecular complexity index is 1110. The molecule has 1 atom stereocenters. The van der Waals surface area contributed by atoms with Gasteiger partial charge in [0, 0.05) is 29.5 Å². The van der Waals surface area contributed by atoms with E-state index in [0.717, 1.165) is 0 Å². The molecular weight excluding hydrogens is 409 g/mol. The van der Waals surface area contributed by atoms with Crippen molar-refractivity contribution in [3.05, 3.63) is 35.2 Å². The number of rotatable bonds is 5. The van der Waals surface area contributed by atoms with E-state index in [1.165, 1.54) is 19.3 Å². The molecule has 0 aromatic carbocycles. The normalized spacial score (nSPS) is 12.4. The van der Waals surface area contributed by atoms with Crippen molar-refractivity contribution in [1.82, 2.24) is 25.3 Å². The lowest BCUT2D eigenvalue weighted by atomic mass is 10.2. The fraction of sp³-hybridized carbons (Fsp3) is 0.222. The first-order valence-corrected chi connectivity index (χ1v) is 8.63. The van der Waals surface area contributed by atoms with E-state index in [-0.39, 0.29) is 17.2 Å². The van der Waals surface area contributed by atoms with Gasteiger partial charge >= 0.3 is 6.18 Å². The Hall–Kier alpha value is -3.32. The SMILES string of the molecule is C#Cc1cnc(-c2c[nH]c3ncc(Cl)cc23)nc1N[C@@H](C)C(=O)NCC(F)(F)F. The number of alkyl halides is 3. The standard InChI is InChI=1S/C18H14ClF3N6O/c1-3-10-5-23-16(13-7-25-15-12(13)4-11(19)6-24-15)28-14(10)27-9(2)17(29)26-8-18(20,21)22/h1,4-7,9H,8H2,2H3,(H,24,25)(H,26,29)(H,23,27,28)/t9-/m0/s1. The molecule has 7 nitrogen and oxygen atoms in total. The Labute approximate surface area is 168 Å². The smallest absolute Gasteiger partial charge is 0.357 e. The summed E-state index contributed by atoms with van der Waals surface area (Å²) in [7, 11) is 0. The maximum Gasteiger partial charge on any atom is 0.405 e. The molecule has 0 radical (unpaired) electrons. The Morgan fingerprint density at radius 1 is 1.38 bits per heavy atom. The third-order valence-electron chi connectivity index (χ3n) is 3.89. The van der Waals surface area contributed by atoms with Crippen molar-refractivity contribution >= 4 is 34.4 Å². The molecule has 3 aromatic heterocycles. The van der Waals surface area contributed by atoms with Crippen LogP contribution in [0.2, 0.25) is 5.02 Å². The molecule has 0 unspecified atom stereocenters. The summed E-state index contributed by atoms with van der Waals surface area (Å²) in [5.74, 6) is 1.93. The number of nitrogens with zero attached hydrogens (tertiary/aromatic N) is 3. The molecule has 0 spiro atoms. The topological polar surface area (TPSA) is 95.6 Å². The van der Waals surface area contributed by atoms with Crippen LogP contribution >= 0.6 is 11.6 Å². The Kier molecular flexibility index (Phi) is 5.61. The van der Waals surface area contributed by atoms with Gasteiger partial charge in [0.05, 0.1) is 10.6 Å². The van der Waals surface area contributed by atoms with Crippen molar-refractivity contribution in [1.29, 1.82) is 0 Å². The molecule has 29 heavy (non-hydrogen) atoms. The fourth-order valence-corrected chi connectivity index (χ4v) is 2.66. The second-order valence-corrected chi connectivity index (χ2v) is 6.49. The third kappa shape index (κ3) is 4.75. The minimum atomic E-state index is -4.51. The summed E-state index contributed by atoms with van der Waals surface area (Å²) >= 11 is 6.00. The molecule has 3 heterocycles. The van der Waals surface area contributed by atoms with Gasteiger partial charge in [-0.15, -0.1) is 6.42 Å². The summed E-state index contributed by atoms with van der Waals surface area (Å²) in [6.45, 7) is -0.0405.